The molecule has 0 radical (unpaired) electrons. The largest absolute Gasteiger partial charge is 0.481 e. The minimum atomic E-state index is -0.919. The van der Waals surface area contributed by atoms with E-state index >= 15 is 0 Å². The van der Waals surface area contributed by atoms with Crippen molar-refractivity contribution in [3.8, 4) is 0 Å². The molecule has 1 aromatic heterocycles. The molecular weight excluding hydrogens is 278 g/mol. The molecule has 0 saturated carbocycles. The Morgan fingerprint density at radius 3 is 2.57 bits per heavy atom. The van der Waals surface area contributed by atoms with Crippen molar-refractivity contribution in [1.82, 2.24) is 14.0 Å². The van der Waals surface area contributed by atoms with Crippen LogP contribution in [0.15, 0.2) is 21.9 Å². The lowest BCUT2D eigenvalue weighted by Crippen LogP contribution is -2.41. The van der Waals surface area contributed by atoms with Gasteiger partial charge in [-0.1, -0.05) is 6.92 Å². The van der Waals surface area contributed by atoms with Gasteiger partial charge in [-0.2, -0.15) is 0 Å². The second kappa shape index (κ2) is 5.55. The molecule has 21 heavy (non-hydrogen) atoms. The first-order valence-electron chi connectivity index (χ1n) is 6.58. The van der Waals surface area contributed by atoms with Crippen molar-refractivity contribution in [2.24, 2.45) is 18.9 Å². The van der Waals surface area contributed by atoms with Crippen LogP contribution in [0.5, 0.6) is 0 Å². The van der Waals surface area contributed by atoms with Crippen molar-refractivity contribution >= 4 is 11.9 Å². The summed E-state index contributed by atoms with van der Waals surface area (Å²) in [5.41, 5.74) is -1.01. The highest BCUT2D eigenvalue weighted by Crippen LogP contribution is 2.23. The Bertz CT molecular complexity index is 690. The number of likely N-dealkylation sites (tertiary alicyclic amines) is 1. The SMILES string of the molecule is CC1CN(C(=O)Cn2ccc(=O)n(C)c2=O)CC1C(=O)O. The number of rotatable bonds is 3. The van der Waals surface area contributed by atoms with Gasteiger partial charge in [-0.3, -0.25) is 23.5 Å². The molecule has 2 atom stereocenters. The summed E-state index contributed by atoms with van der Waals surface area (Å²) in [7, 11) is 1.34. The first kappa shape index (κ1) is 15.0. The van der Waals surface area contributed by atoms with Crippen LogP contribution in [0.25, 0.3) is 0 Å². The molecule has 1 fully saturated rings. The van der Waals surface area contributed by atoms with E-state index in [-0.39, 0.29) is 24.9 Å². The second-order valence-corrected chi connectivity index (χ2v) is 5.34. The van der Waals surface area contributed by atoms with Crippen molar-refractivity contribution in [2.75, 3.05) is 13.1 Å². The highest BCUT2D eigenvalue weighted by atomic mass is 16.4. The third-order valence-corrected chi connectivity index (χ3v) is 3.85. The van der Waals surface area contributed by atoms with Crippen LogP contribution >= 0.6 is 0 Å². The quantitative estimate of drug-likeness (QED) is 0.749. The Balaban J connectivity index is 2.13. The van der Waals surface area contributed by atoms with Crippen LogP contribution in [0, 0.1) is 11.8 Å². The van der Waals surface area contributed by atoms with Crippen LogP contribution in [0.2, 0.25) is 0 Å². The van der Waals surface area contributed by atoms with Gasteiger partial charge in [0.2, 0.25) is 5.91 Å². The lowest BCUT2D eigenvalue weighted by molar-refractivity contribution is -0.142. The zero-order valence-electron chi connectivity index (χ0n) is 11.9. The maximum atomic E-state index is 12.2. The Kier molecular flexibility index (Phi) is 3.97. The average Bonchev–Trinajstić information content (AvgIpc) is 2.82. The van der Waals surface area contributed by atoms with Gasteiger partial charge in [-0.15, -0.1) is 0 Å². The molecule has 8 nitrogen and oxygen atoms in total. The average molecular weight is 295 g/mol. The highest BCUT2D eigenvalue weighted by molar-refractivity contribution is 5.78. The Morgan fingerprint density at radius 1 is 1.33 bits per heavy atom. The van der Waals surface area contributed by atoms with Gasteiger partial charge >= 0.3 is 11.7 Å². The number of aliphatic carboxylic acids is 1. The number of carboxylic acid groups (broad SMARTS) is 1. The smallest absolute Gasteiger partial charge is 0.331 e. The topological polar surface area (TPSA) is 102 Å². The predicted molar refractivity (Wildman–Crippen MR) is 72.8 cm³/mol. The number of carboxylic acids is 1. The van der Waals surface area contributed by atoms with Gasteiger partial charge in [0.25, 0.3) is 5.56 Å². The van der Waals surface area contributed by atoms with Crippen LogP contribution in [0.4, 0.5) is 0 Å². The molecule has 1 aliphatic heterocycles. The molecule has 114 valence electrons. The van der Waals surface area contributed by atoms with Crippen molar-refractivity contribution in [2.45, 2.75) is 13.5 Å². The third kappa shape index (κ3) is 2.88. The van der Waals surface area contributed by atoms with Crippen LogP contribution in [0.3, 0.4) is 0 Å². The van der Waals surface area contributed by atoms with Crippen LogP contribution < -0.4 is 11.2 Å². The van der Waals surface area contributed by atoms with E-state index in [1.165, 1.54) is 24.2 Å². The Hall–Kier alpha value is -2.38. The summed E-state index contributed by atoms with van der Waals surface area (Å²) in [5.74, 6) is -1.95. The fourth-order valence-electron chi connectivity index (χ4n) is 2.47. The van der Waals surface area contributed by atoms with E-state index < -0.39 is 23.1 Å². The molecule has 8 heteroatoms. The van der Waals surface area contributed by atoms with Gasteiger partial charge in [-0.05, 0) is 5.92 Å². The van der Waals surface area contributed by atoms with Crippen molar-refractivity contribution in [3.63, 3.8) is 0 Å². The first-order valence-corrected chi connectivity index (χ1v) is 6.58. The zero-order valence-corrected chi connectivity index (χ0v) is 11.9. The lowest BCUT2D eigenvalue weighted by atomic mass is 9.99. The van der Waals surface area contributed by atoms with Crippen LogP contribution in [-0.4, -0.2) is 44.1 Å². The summed E-state index contributed by atoms with van der Waals surface area (Å²) in [6, 6.07) is 1.21. The van der Waals surface area contributed by atoms with Gasteiger partial charge in [0.1, 0.15) is 6.54 Å². The second-order valence-electron chi connectivity index (χ2n) is 5.34. The van der Waals surface area contributed by atoms with E-state index in [9.17, 15) is 19.2 Å². The maximum absolute atomic E-state index is 12.2. The molecule has 1 aliphatic rings. The molecule has 0 aromatic carbocycles. The number of carbonyl (C=O) groups excluding carboxylic acids is 1. The van der Waals surface area contributed by atoms with Crippen molar-refractivity contribution in [3.05, 3.63) is 33.1 Å². The summed E-state index contributed by atoms with van der Waals surface area (Å²) in [6.07, 6.45) is 1.27. The molecule has 2 unspecified atom stereocenters. The number of aromatic nitrogens is 2. The fraction of sp³-hybridized carbons (Fsp3) is 0.538. The fourth-order valence-corrected chi connectivity index (χ4v) is 2.47. The first-order chi connectivity index (χ1) is 9.81. The van der Waals surface area contributed by atoms with Gasteiger partial charge in [0.15, 0.2) is 0 Å². The molecule has 2 heterocycles. The molecule has 0 aliphatic carbocycles. The zero-order chi connectivity index (χ0) is 15.7. The molecule has 2 rings (SSSR count). The third-order valence-electron chi connectivity index (χ3n) is 3.85. The standard InChI is InChI=1S/C13H17N3O5/c1-8-5-16(6-9(8)12(19)20)11(18)7-15-4-3-10(17)14(2)13(15)21/h3-4,8-9H,5-7H2,1-2H3,(H,19,20). The number of amides is 1. The van der Waals surface area contributed by atoms with E-state index in [1.807, 2.05) is 0 Å². The predicted octanol–water partition coefficient (Wildman–Crippen LogP) is -1.27. The minimum Gasteiger partial charge on any atom is -0.481 e. The summed E-state index contributed by atoms with van der Waals surface area (Å²) in [5, 5.41) is 9.05. The molecule has 0 bridgehead atoms. The molecular formula is C13H17N3O5. The van der Waals surface area contributed by atoms with Gasteiger partial charge in [0.05, 0.1) is 5.92 Å². The van der Waals surface area contributed by atoms with Gasteiger partial charge < -0.3 is 10.0 Å². The molecule has 1 saturated heterocycles. The molecule has 1 aromatic rings. The van der Waals surface area contributed by atoms with E-state index in [0.717, 1.165) is 9.13 Å². The lowest BCUT2D eigenvalue weighted by Gasteiger charge is -2.16. The van der Waals surface area contributed by atoms with Gasteiger partial charge in [-0.25, -0.2) is 4.79 Å². The van der Waals surface area contributed by atoms with Crippen molar-refractivity contribution < 1.29 is 14.7 Å². The summed E-state index contributed by atoms with van der Waals surface area (Å²) >= 11 is 0. The van der Waals surface area contributed by atoms with E-state index in [0.29, 0.717) is 6.54 Å². The monoisotopic (exact) mass is 295 g/mol. The normalized spacial score (nSPS) is 21.5. The van der Waals surface area contributed by atoms with Crippen LogP contribution in [0.1, 0.15) is 6.92 Å². The molecule has 0 spiro atoms. The summed E-state index contributed by atoms with van der Waals surface area (Å²) < 4.78 is 2.06. The summed E-state index contributed by atoms with van der Waals surface area (Å²) in [4.78, 5) is 47.8. The van der Waals surface area contributed by atoms with E-state index in [2.05, 4.69) is 0 Å². The molecule has 1 N–H and O–H groups in total. The summed E-state index contributed by atoms with van der Waals surface area (Å²) in [6.45, 7) is 2.09. The van der Waals surface area contributed by atoms with E-state index in [4.69, 9.17) is 5.11 Å². The Morgan fingerprint density at radius 2 is 2.00 bits per heavy atom. The van der Waals surface area contributed by atoms with Crippen LogP contribution in [-0.2, 0) is 23.2 Å². The molecule has 1 amide bonds. The van der Waals surface area contributed by atoms with E-state index in [1.54, 1.807) is 6.92 Å². The number of hydrogen-bond donors (Lipinski definition) is 1. The maximum Gasteiger partial charge on any atom is 0.331 e. The minimum absolute atomic E-state index is 0.122. The number of carbonyl (C=O) groups is 2. The van der Waals surface area contributed by atoms with Crippen molar-refractivity contribution in [1.29, 1.82) is 0 Å². The highest BCUT2D eigenvalue weighted by Gasteiger charge is 2.36. The number of hydrogen-bond acceptors (Lipinski definition) is 4. The number of nitrogens with zero attached hydrogens (tertiary/aromatic N) is 3. The van der Waals surface area contributed by atoms with Gasteiger partial charge in [0, 0.05) is 32.4 Å². The Labute approximate surface area is 120 Å².